The quantitative estimate of drug-likeness (QED) is 0.492. The van der Waals surface area contributed by atoms with Gasteiger partial charge in [-0.1, -0.05) is 0 Å². The summed E-state index contributed by atoms with van der Waals surface area (Å²) < 4.78 is 0. The van der Waals surface area contributed by atoms with Crippen LogP contribution in [-0.2, 0) is 11.2 Å². The van der Waals surface area contributed by atoms with Crippen LogP contribution in [-0.4, -0.2) is 10.9 Å². The zero-order valence-corrected chi connectivity index (χ0v) is 6.89. The van der Waals surface area contributed by atoms with Crippen molar-refractivity contribution < 1.29 is 4.79 Å². The number of carbonyl (C=O) groups excluding carboxylic acids is 1. The molecule has 0 saturated heterocycles. The smallest absolute Gasteiger partial charge is 0.239 e. The fourth-order valence-corrected chi connectivity index (χ4v) is 1.24. The number of rotatable bonds is 2. The third kappa shape index (κ3) is 2.21. The number of nitrogens with zero attached hydrogens (tertiary/aromatic N) is 2. The van der Waals surface area contributed by atoms with Gasteiger partial charge in [-0.25, -0.2) is 4.98 Å². The van der Waals surface area contributed by atoms with Crippen LogP contribution in [0.4, 0.5) is 5.13 Å². The Morgan fingerprint density at radius 1 is 1.92 bits per heavy atom. The average molecular weight is 182 g/mol. The Morgan fingerprint density at radius 3 is 3.17 bits per heavy atom. The van der Waals surface area contributed by atoms with Gasteiger partial charge in [0, 0.05) is 5.38 Å². The topological polar surface area (TPSA) is 91.8 Å². The number of aromatic nitrogens is 1. The van der Waals surface area contributed by atoms with Crippen molar-refractivity contribution in [2.24, 2.45) is 0 Å². The molecule has 0 fully saturated rings. The van der Waals surface area contributed by atoms with Crippen LogP contribution in [0.5, 0.6) is 0 Å². The van der Waals surface area contributed by atoms with Gasteiger partial charge in [-0.2, -0.15) is 5.26 Å². The van der Waals surface area contributed by atoms with Crippen molar-refractivity contribution in [1.82, 2.24) is 10.3 Å². The number of nitriles is 1. The Labute approximate surface area is 72.8 Å². The molecule has 0 aliphatic carbocycles. The normalized spacial score (nSPS) is 8.92. The molecule has 6 heteroatoms. The summed E-state index contributed by atoms with van der Waals surface area (Å²) >= 11 is 1.27. The molecule has 3 N–H and O–H groups in total. The first-order chi connectivity index (χ1) is 5.72. The van der Waals surface area contributed by atoms with E-state index in [1.807, 2.05) is 5.32 Å². The molecule has 1 amide bonds. The number of nitrogens with one attached hydrogen (secondary N) is 1. The van der Waals surface area contributed by atoms with Gasteiger partial charge in [0.2, 0.25) is 5.91 Å². The molecule has 1 aromatic heterocycles. The fraction of sp³-hybridized carbons (Fsp3) is 0.167. The number of hydrogen-bond donors (Lipinski definition) is 2. The van der Waals surface area contributed by atoms with Gasteiger partial charge < -0.3 is 5.73 Å². The lowest BCUT2D eigenvalue weighted by Crippen LogP contribution is -2.19. The molecule has 0 aliphatic rings. The highest BCUT2D eigenvalue weighted by Gasteiger charge is 2.04. The minimum atomic E-state index is -0.372. The highest BCUT2D eigenvalue weighted by atomic mass is 32.1. The lowest BCUT2D eigenvalue weighted by Gasteiger charge is -1.91. The lowest BCUT2D eigenvalue weighted by molar-refractivity contribution is -0.119. The van der Waals surface area contributed by atoms with E-state index in [1.54, 1.807) is 5.38 Å². The van der Waals surface area contributed by atoms with E-state index in [0.29, 0.717) is 10.8 Å². The van der Waals surface area contributed by atoms with E-state index in [9.17, 15) is 4.79 Å². The number of nitrogen functional groups attached to an aromatic ring is 1. The van der Waals surface area contributed by atoms with Crippen LogP contribution in [0.1, 0.15) is 5.69 Å². The van der Waals surface area contributed by atoms with Gasteiger partial charge in [-0.05, 0) is 0 Å². The van der Waals surface area contributed by atoms with Crippen LogP contribution in [0.15, 0.2) is 5.38 Å². The van der Waals surface area contributed by atoms with Crippen LogP contribution in [0, 0.1) is 11.5 Å². The van der Waals surface area contributed by atoms with E-state index >= 15 is 0 Å². The maximum Gasteiger partial charge on any atom is 0.239 e. The molecular weight excluding hydrogens is 176 g/mol. The van der Waals surface area contributed by atoms with Crippen molar-refractivity contribution in [3.05, 3.63) is 11.1 Å². The summed E-state index contributed by atoms with van der Waals surface area (Å²) in [4.78, 5) is 14.7. The van der Waals surface area contributed by atoms with Crippen molar-refractivity contribution >= 4 is 22.4 Å². The molecule has 0 spiro atoms. The summed E-state index contributed by atoms with van der Waals surface area (Å²) in [5, 5.41) is 12.2. The molecule has 0 aromatic carbocycles. The Morgan fingerprint density at radius 2 is 2.67 bits per heavy atom. The molecule has 0 saturated carbocycles. The fourth-order valence-electron chi connectivity index (χ4n) is 0.675. The number of amides is 1. The minimum Gasteiger partial charge on any atom is -0.375 e. The molecule has 62 valence electrons. The van der Waals surface area contributed by atoms with Crippen LogP contribution >= 0.6 is 11.3 Å². The monoisotopic (exact) mass is 182 g/mol. The Kier molecular flexibility index (Phi) is 2.61. The number of carbonyl (C=O) groups is 1. The Balaban J connectivity index is 2.53. The third-order valence-corrected chi connectivity index (χ3v) is 1.83. The number of nitrogens with two attached hydrogens (primary N) is 1. The predicted molar refractivity (Wildman–Crippen MR) is 44.0 cm³/mol. The van der Waals surface area contributed by atoms with E-state index < -0.39 is 0 Å². The lowest BCUT2D eigenvalue weighted by atomic mass is 10.3. The maximum absolute atomic E-state index is 10.8. The number of thiazole rings is 1. The summed E-state index contributed by atoms with van der Waals surface area (Å²) in [7, 11) is 0. The summed E-state index contributed by atoms with van der Waals surface area (Å²) in [6.45, 7) is 0. The molecule has 1 rings (SSSR count). The number of hydrogen-bond acceptors (Lipinski definition) is 5. The minimum absolute atomic E-state index is 0.0985. The molecule has 0 aliphatic heterocycles. The van der Waals surface area contributed by atoms with Crippen molar-refractivity contribution in [2.45, 2.75) is 6.42 Å². The van der Waals surface area contributed by atoms with Crippen molar-refractivity contribution in [3.8, 4) is 6.19 Å². The summed E-state index contributed by atoms with van der Waals surface area (Å²) in [5.74, 6) is -0.372. The van der Waals surface area contributed by atoms with Gasteiger partial charge >= 0.3 is 0 Å². The van der Waals surface area contributed by atoms with Crippen molar-refractivity contribution in [3.63, 3.8) is 0 Å². The van der Waals surface area contributed by atoms with Crippen molar-refractivity contribution in [1.29, 1.82) is 5.26 Å². The first kappa shape index (κ1) is 8.49. The summed E-state index contributed by atoms with van der Waals surface area (Å²) in [6, 6.07) is 0. The van der Waals surface area contributed by atoms with Gasteiger partial charge in [0.1, 0.15) is 0 Å². The SMILES string of the molecule is N#CNC(=O)Cc1csc(N)n1. The van der Waals surface area contributed by atoms with E-state index in [0.717, 1.165) is 0 Å². The van der Waals surface area contributed by atoms with Gasteiger partial charge in [0.15, 0.2) is 11.3 Å². The van der Waals surface area contributed by atoms with Crippen LogP contribution in [0.25, 0.3) is 0 Å². The highest BCUT2D eigenvalue weighted by Crippen LogP contribution is 2.10. The van der Waals surface area contributed by atoms with Crippen LogP contribution < -0.4 is 11.1 Å². The second-order valence-corrected chi connectivity index (χ2v) is 2.90. The molecule has 1 aromatic rings. The molecule has 5 nitrogen and oxygen atoms in total. The van der Waals surface area contributed by atoms with E-state index in [-0.39, 0.29) is 12.3 Å². The van der Waals surface area contributed by atoms with E-state index in [4.69, 9.17) is 11.0 Å². The van der Waals surface area contributed by atoms with Gasteiger partial charge in [0.05, 0.1) is 12.1 Å². The van der Waals surface area contributed by atoms with Gasteiger partial charge in [-0.15, -0.1) is 11.3 Å². The third-order valence-electron chi connectivity index (χ3n) is 1.11. The van der Waals surface area contributed by atoms with E-state index in [2.05, 4.69) is 4.98 Å². The summed E-state index contributed by atoms with van der Waals surface area (Å²) in [5.41, 5.74) is 5.93. The highest BCUT2D eigenvalue weighted by molar-refractivity contribution is 7.13. The second-order valence-electron chi connectivity index (χ2n) is 2.01. The zero-order valence-electron chi connectivity index (χ0n) is 6.07. The first-order valence-corrected chi connectivity index (χ1v) is 3.98. The molecule has 0 bridgehead atoms. The first-order valence-electron chi connectivity index (χ1n) is 3.10. The summed E-state index contributed by atoms with van der Waals surface area (Å²) in [6.07, 6.45) is 1.64. The van der Waals surface area contributed by atoms with Gasteiger partial charge in [0.25, 0.3) is 0 Å². The Bertz CT molecular complexity index is 327. The van der Waals surface area contributed by atoms with E-state index in [1.165, 1.54) is 17.5 Å². The second kappa shape index (κ2) is 3.69. The largest absolute Gasteiger partial charge is 0.375 e. The zero-order chi connectivity index (χ0) is 8.97. The van der Waals surface area contributed by atoms with Crippen LogP contribution in [0.3, 0.4) is 0 Å². The average Bonchev–Trinajstić information content (AvgIpc) is 2.36. The maximum atomic E-state index is 10.8. The molecular formula is C6H6N4OS. The molecule has 0 radical (unpaired) electrons. The molecule has 0 atom stereocenters. The van der Waals surface area contributed by atoms with Crippen molar-refractivity contribution in [2.75, 3.05) is 5.73 Å². The molecule has 0 unspecified atom stereocenters. The standard InChI is InChI=1S/C6H6N4OS/c7-3-9-5(11)1-4-2-12-6(8)10-4/h2H,1H2,(H2,8,10)(H,9,11). The van der Waals surface area contributed by atoms with Crippen LogP contribution in [0.2, 0.25) is 0 Å². The number of anilines is 1. The Hall–Kier alpha value is -1.61. The molecule has 12 heavy (non-hydrogen) atoms. The predicted octanol–water partition coefficient (Wildman–Crippen LogP) is -0.135. The molecule has 1 heterocycles. The van der Waals surface area contributed by atoms with Gasteiger partial charge in [-0.3, -0.25) is 10.1 Å².